The highest BCUT2D eigenvalue weighted by molar-refractivity contribution is 14.0. The van der Waals surface area contributed by atoms with Crippen LogP contribution in [0.4, 0.5) is 0 Å². The molecule has 0 saturated carbocycles. The van der Waals surface area contributed by atoms with Crippen molar-refractivity contribution < 1.29 is 9.90 Å². The van der Waals surface area contributed by atoms with Gasteiger partial charge >= 0.3 is 5.97 Å². The lowest BCUT2D eigenvalue weighted by Gasteiger charge is -2.13. The van der Waals surface area contributed by atoms with Gasteiger partial charge in [0.15, 0.2) is 5.17 Å². The maximum absolute atomic E-state index is 11.3. The first kappa shape index (κ1) is 15.2. The fourth-order valence-corrected chi connectivity index (χ4v) is 3.10. The van der Waals surface area contributed by atoms with Crippen molar-refractivity contribution >= 4 is 57.8 Å². The van der Waals surface area contributed by atoms with Gasteiger partial charge in [0, 0.05) is 24.0 Å². The lowest BCUT2D eigenvalue weighted by atomic mass is 10.2. The van der Waals surface area contributed by atoms with Gasteiger partial charge in [-0.3, -0.25) is 4.99 Å². The Hall–Kier alpha value is -1.22. The number of carboxylic acid groups (broad SMARTS) is 1. The topological polar surface area (TPSA) is 77.5 Å². The lowest BCUT2D eigenvalue weighted by molar-refractivity contribution is 0.0688. The number of para-hydroxylation sites is 1. The number of benzene rings is 1. The number of fused-ring (bicyclic) bond motifs is 1. The molecule has 0 bridgehead atoms. The van der Waals surface area contributed by atoms with Crippen molar-refractivity contribution in [1.82, 2.24) is 10.3 Å². The zero-order valence-electron chi connectivity index (χ0n) is 10.5. The Morgan fingerprint density at radius 3 is 2.85 bits per heavy atom. The predicted molar refractivity (Wildman–Crippen MR) is 91.5 cm³/mol. The molecule has 0 spiro atoms. The first-order valence-electron chi connectivity index (χ1n) is 6.06. The Labute approximate surface area is 137 Å². The van der Waals surface area contributed by atoms with Gasteiger partial charge in [0.25, 0.3) is 0 Å². The molecule has 1 aromatic carbocycles. The standard InChI is InChI=1S/C13H13N3O2S.HI/c17-12(18)10-11(19-13-14-6-3-7-15-13)8-4-1-2-5-9(8)16-10;/h1-2,4-5,16H,3,6-7H2,(H,14,15)(H,17,18);1H. The zero-order chi connectivity index (χ0) is 13.2. The van der Waals surface area contributed by atoms with E-state index < -0.39 is 5.97 Å². The number of aromatic amines is 1. The van der Waals surface area contributed by atoms with Gasteiger partial charge in [-0.1, -0.05) is 18.2 Å². The predicted octanol–water partition coefficient (Wildman–Crippen LogP) is 2.93. The number of nitrogens with zero attached hydrogens (tertiary/aromatic N) is 1. The number of rotatable bonds is 2. The number of hydrogen-bond donors (Lipinski definition) is 3. The molecule has 20 heavy (non-hydrogen) atoms. The van der Waals surface area contributed by atoms with E-state index >= 15 is 0 Å². The highest BCUT2D eigenvalue weighted by atomic mass is 127. The summed E-state index contributed by atoms with van der Waals surface area (Å²) in [5.74, 6) is -0.949. The summed E-state index contributed by atoms with van der Waals surface area (Å²) in [7, 11) is 0. The Morgan fingerprint density at radius 1 is 1.35 bits per heavy atom. The molecular weight excluding hydrogens is 389 g/mol. The molecule has 1 aliphatic rings. The van der Waals surface area contributed by atoms with E-state index in [9.17, 15) is 9.90 Å². The second kappa shape index (κ2) is 6.49. The van der Waals surface area contributed by atoms with Crippen molar-refractivity contribution in [3.63, 3.8) is 0 Å². The van der Waals surface area contributed by atoms with E-state index in [4.69, 9.17) is 0 Å². The first-order chi connectivity index (χ1) is 9.25. The molecule has 0 radical (unpaired) electrons. The Bertz CT molecular complexity index is 669. The molecule has 0 saturated heterocycles. The summed E-state index contributed by atoms with van der Waals surface area (Å²) in [6, 6.07) is 7.59. The zero-order valence-corrected chi connectivity index (χ0v) is 13.7. The minimum absolute atomic E-state index is 0. The second-order valence-electron chi connectivity index (χ2n) is 4.25. The Balaban J connectivity index is 0.00000147. The molecule has 0 aliphatic carbocycles. The number of aromatic carboxylic acids is 1. The average Bonchev–Trinajstić information content (AvgIpc) is 2.79. The number of aromatic nitrogens is 1. The molecule has 0 atom stereocenters. The van der Waals surface area contributed by atoms with Gasteiger partial charge in [-0.15, -0.1) is 24.0 Å². The lowest BCUT2D eigenvalue weighted by Crippen LogP contribution is -2.26. The third-order valence-electron chi connectivity index (χ3n) is 2.94. The molecular formula is C13H14IN3O2S. The molecule has 1 aromatic heterocycles. The highest BCUT2D eigenvalue weighted by Gasteiger charge is 2.19. The molecule has 106 valence electrons. The third kappa shape index (κ3) is 2.93. The minimum atomic E-state index is -0.949. The van der Waals surface area contributed by atoms with Crippen molar-refractivity contribution in [3.8, 4) is 0 Å². The van der Waals surface area contributed by atoms with Crippen LogP contribution in [0.2, 0.25) is 0 Å². The number of thioether (sulfide) groups is 1. The van der Waals surface area contributed by atoms with E-state index in [0.717, 1.165) is 40.5 Å². The third-order valence-corrected chi connectivity index (χ3v) is 4.03. The summed E-state index contributed by atoms with van der Waals surface area (Å²) in [5.41, 5.74) is 1.06. The van der Waals surface area contributed by atoms with Gasteiger partial charge in [0.05, 0.1) is 4.90 Å². The summed E-state index contributed by atoms with van der Waals surface area (Å²) in [5, 5.41) is 14.2. The number of H-pyrrole nitrogens is 1. The number of halogens is 1. The van der Waals surface area contributed by atoms with Gasteiger partial charge in [-0.2, -0.15) is 0 Å². The van der Waals surface area contributed by atoms with Crippen LogP contribution in [0.3, 0.4) is 0 Å². The summed E-state index contributed by atoms with van der Waals surface area (Å²) in [4.78, 5) is 19.4. The van der Waals surface area contributed by atoms with Crippen molar-refractivity contribution in [2.75, 3.05) is 13.1 Å². The molecule has 3 rings (SSSR count). The van der Waals surface area contributed by atoms with Gasteiger partial charge in [-0.05, 0) is 24.2 Å². The van der Waals surface area contributed by atoms with E-state index in [1.54, 1.807) is 0 Å². The van der Waals surface area contributed by atoms with E-state index in [0.29, 0.717) is 0 Å². The van der Waals surface area contributed by atoms with Crippen LogP contribution in [0.25, 0.3) is 10.9 Å². The second-order valence-corrected chi connectivity index (χ2v) is 5.25. The van der Waals surface area contributed by atoms with Crippen LogP contribution < -0.4 is 5.32 Å². The molecule has 2 aromatic rings. The highest BCUT2D eigenvalue weighted by Crippen LogP contribution is 2.32. The summed E-state index contributed by atoms with van der Waals surface area (Å²) >= 11 is 1.38. The van der Waals surface area contributed by atoms with Crippen LogP contribution in [-0.2, 0) is 0 Å². The molecule has 0 fully saturated rings. The number of aliphatic imine (C=N–C) groups is 1. The monoisotopic (exact) mass is 403 g/mol. The Kier molecular flexibility index (Phi) is 4.92. The van der Waals surface area contributed by atoms with Crippen LogP contribution >= 0.6 is 35.7 Å². The fraction of sp³-hybridized carbons (Fsp3) is 0.231. The van der Waals surface area contributed by atoms with Crippen molar-refractivity contribution in [3.05, 3.63) is 30.0 Å². The van der Waals surface area contributed by atoms with Gasteiger partial charge < -0.3 is 15.4 Å². The first-order valence-corrected chi connectivity index (χ1v) is 6.87. The molecule has 0 unspecified atom stereocenters. The van der Waals surface area contributed by atoms with Crippen LogP contribution in [0, 0.1) is 0 Å². The van der Waals surface area contributed by atoms with Crippen LogP contribution in [-0.4, -0.2) is 34.3 Å². The number of nitrogens with one attached hydrogen (secondary N) is 2. The molecule has 5 nitrogen and oxygen atoms in total. The van der Waals surface area contributed by atoms with Crippen LogP contribution in [0.5, 0.6) is 0 Å². The summed E-state index contributed by atoms with van der Waals surface area (Å²) < 4.78 is 0. The SMILES string of the molecule is I.O=C(O)c1[nH]c2ccccc2c1SC1=NCCCN1. The number of hydrogen-bond acceptors (Lipinski definition) is 4. The van der Waals surface area contributed by atoms with E-state index in [-0.39, 0.29) is 29.7 Å². The van der Waals surface area contributed by atoms with Crippen LogP contribution in [0.15, 0.2) is 34.2 Å². The largest absolute Gasteiger partial charge is 0.477 e. The van der Waals surface area contributed by atoms with Crippen molar-refractivity contribution in [2.24, 2.45) is 4.99 Å². The molecule has 0 amide bonds. The van der Waals surface area contributed by atoms with Crippen molar-refractivity contribution in [2.45, 2.75) is 11.3 Å². The molecule has 7 heteroatoms. The van der Waals surface area contributed by atoms with Gasteiger partial charge in [-0.25, -0.2) is 4.79 Å². The summed E-state index contributed by atoms with van der Waals surface area (Å²) in [6.45, 7) is 1.68. The van der Waals surface area contributed by atoms with Crippen LogP contribution in [0.1, 0.15) is 16.9 Å². The normalized spacial score (nSPS) is 14.3. The van der Waals surface area contributed by atoms with E-state index in [1.807, 2.05) is 24.3 Å². The number of carboxylic acids is 1. The van der Waals surface area contributed by atoms with Gasteiger partial charge in [0.2, 0.25) is 0 Å². The fourth-order valence-electron chi connectivity index (χ4n) is 2.05. The average molecular weight is 403 g/mol. The number of amidine groups is 1. The molecule has 2 heterocycles. The van der Waals surface area contributed by atoms with E-state index in [1.165, 1.54) is 11.8 Å². The van der Waals surface area contributed by atoms with E-state index in [2.05, 4.69) is 15.3 Å². The molecule has 1 aliphatic heterocycles. The summed E-state index contributed by atoms with van der Waals surface area (Å²) in [6.07, 6.45) is 1.02. The smallest absolute Gasteiger partial charge is 0.353 e. The quantitative estimate of drug-likeness (QED) is 0.674. The van der Waals surface area contributed by atoms with Gasteiger partial charge in [0.1, 0.15) is 5.69 Å². The van der Waals surface area contributed by atoms with Crippen molar-refractivity contribution in [1.29, 1.82) is 0 Å². The number of carbonyl (C=O) groups is 1. The minimum Gasteiger partial charge on any atom is -0.477 e. The molecule has 3 N–H and O–H groups in total. The maximum atomic E-state index is 11.3. The maximum Gasteiger partial charge on any atom is 0.353 e. The Morgan fingerprint density at radius 2 is 2.15 bits per heavy atom.